The van der Waals surface area contributed by atoms with Crippen LogP contribution in [0.4, 0.5) is 0 Å². The van der Waals surface area contributed by atoms with E-state index in [1.165, 1.54) is 23.0 Å². The van der Waals surface area contributed by atoms with Crippen LogP contribution in [0.1, 0.15) is 29.5 Å². The quantitative estimate of drug-likeness (QED) is 0.315. The SMILES string of the molecule is CN=C(NCc1ccc(-n2cncn2)cc1)NCC(C)c1ccc(C)cc1.I. The molecule has 3 rings (SSSR count). The monoisotopic (exact) mass is 490 g/mol. The number of aliphatic imine (C=N–C) groups is 1. The van der Waals surface area contributed by atoms with E-state index in [4.69, 9.17) is 0 Å². The fourth-order valence-electron chi connectivity index (χ4n) is 2.78. The molecule has 0 amide bonds. The van der Waals surface area contributed by atoms with Crippen LogP contribution in [0.2, 0.25) is 0 Å². The predicted octanol–water partition coefficient (Wildman–Crippen LogP) is 3.66. The highest BCUT2D eigenvalue weighted by Gasteiger charge is 2.07. The van der Waals surface area contributed by atoms with Crippen LogP contribution in [-0.2, 0) is 6.54 Å². The molecule has 0 radical (unpaired) electrons. The first-order chi connectivity index (χ1) is 13.2. The summed E-state index contributed by atoms with van der Waals surface area (Å²) in [5.41, 5.74) is 4.78. The van der Waals surface area contributed by atoms with Crippen LogP contribution in [0.15, 0.2) is 66.2 Å². The number of nitrogens with one attached hydrogen (secondary N) is 2. The zero-order valence-corrected chi connectivity index (χ0v) is 18.8. The first-order valence-corrected chi connectivity index (χ1v) is 9.10. The lowest BCUT2D eigenvalue weighted by Gasteiger charge is -2.16. The molecule has 0 saturated carbocycles. The summed E-state index contributed by atoms with van der Waals surface area (Å²) in [5, 5.41) is 10.9. The van der Waals surface area contributed by atoms with Gasteiger partial charge < -0.3 is 10.6 Å². The third kappa shape index (κ3) is 6.05. The van der Waals surface area contributed by atoms with E-state index < -0.39 is 0 Å². The van der Waals surface area contributed by atoms with E-state index in [9.17, 15) is 0 Å². The van der Waals surface area contributed by atoms with Gasteiger partial charge in [0.2, 0.25) is 0 Å². The first kappa shape index (κ1) is 21.9. The van der Waals surface area contributed by atoms with Crippen molar-refractivity contribution >= 4 is 29.9 Å². The molecule has 0 spiro atoms. The molecule has 2 N–H and O–H groups in total. The molecule has 0 saturated heterocycles. The van der Waals surface area contributed by atoms with Crippen LogP contribution < -0.4 is 10.6 Å². The standard InChI is InChI=1S/C21H26N6.HI/c1-16-4-8-19(9-5-16)17(2)12-24-21(22-3)25-13-18-6-10-20(11-7-18)27-15-23-14-26-27;/h4-11,14-15,17H,12-13H2,1-3H3,(H2,22,24,25);1H. The topological polar surface area (TPSA) is 67.1 Å². The van der Waals surface area contributed by atoms with E-state index in [0.717, 1.165) is 18.2 Å². The minimum absolute atomic E-state index is 0. The summed E-state index contributed by atoms with van der Waals surface area (Å²) >= 11 is 0. The second-order valence-electron chi connectivity index (χ2n) is 6.62. The zero-order chi connectivity index (χ0) is 19.1. The van der Waals surface area contributed by atoms with E-state index in [2.05, 4.69) is 76.0 Å². The average molecular weight is 490 g/mol. The van der Waals surface area contributed by atoms with Crippen LogP contribution in [-0.4, -0.2) is 34.3 Å². The van der Waals surface area contributed by atoms with Crippen LogP contribution in [0.5, 0.6) is 0 Å². The molecule has 0 fully saturated rings. The Hall–Kier alpha value is -2.42. The molecular weight excluding hydrogens is 463 g/mol. The zero-order valence-electron chi connectivity index (χ0n) is 16.5. The Morgan fingerprint density at radius 2 is 1.79 bits per heavy atom. The first-order valence-electron chi connectivity index (χ1n) is 9.10. The highest BCUT2D eigenvalue weighted by Crippen LogP contribution is 2.14. The van der Waals surface area contributed by atoms with Gasteiger partial charge in [-0.05, 0) is 36.1 Å². The fourth-order valence-corrected chi connectivity index (χ4v) is 2.78. The number of hydrogen-bond acceptors (Lipinski definition) is 3. The molecule has 2 aromatic carbocycles. The summed E-state index contributed by atoms with van der Waals surface area (Å²) in [5.74, 6) is 1.21. The van der Waals surface area contributed by atoms with Gasteiger partial charge in [0.25, 0.3) is 0 Å². The number of guanidine groups is 1. The van der Waals surface area contributed by atoms with E-state index in [1.54, 1.807) is 18.1 Å². The van der Waals surface area contributed by atoms with Gasteiger partial charge in [-0.15, -0.1) is 24.0 Å². The number of hydrogen-bond donors (Lipinski definition) is 2. The second kappa shape index (κ2) is 10.8. The number of rotatable bonds is 6. The van der Waals surface area contributed by atoms with Gasteiger partial charge >= 0.3 is 0 Å². The van der Waals surface area contributed by atoms with Gasteiger partial charge in [-0.3, -0.25) is 4.99 Å². The summed E-state index contributed by atoms with van der Waals surface area (Å²) in [4.78, 5) is 8.28. The summed E-state index contributed by atoms with van der Waals surface area (Å²) in [7, 11) is 1.79. The Balaban J connectivity index is 0.00000280. The van der Waals surface area contributed by atoms with Crippen molar-refractivity contribution in [3.63, 3.8) is 0 Å². The van der Waals surface area contributed by atoms with Gasteiger partial charge in [0.05, 0.1) is 5.69 Å². The molecule has 28 heavy (non-hydrogen) atoms. The van der Waals surface area contributed by atoms with E-state index in [1.807, 2.05) is 12.1 Å². The van der Waals surface area contributed by atoms with Crippen molar-refractivity contribution in [3.8, 4) is 5.69 Å². The molecule has 3 aromatic rings. The van der Waals surface area contributed by atoms with Crippen molar-refractivity contribution in [1.29, 1.82) is 0 Å². The molecule has 0 aliphatic rings. The van der Waals surface area contributed by atoms with Crippen LogP contribution in [0.25, 0.3) is 5.69 Å². The van der Waals surface area contributed by atoms with Gasteiger partial charge in [0.1, 0.15) is 12.7 Å². The normalized spacial score (nSPS) is 12.2. The van der Waals surface area contributed by atoms with Crippen molar-refractivity contribution < 1.29 is 0 Å². The van der Waals surface area contributed by atoms with E-state index in [0.29, 0.717) is 12.5 Å². The van der Waals surface area contributed by atoms with Gasteiger partial charge in [0, 0.05) is 20.1 Å². The van der Waals surface area contributed by atoms with Gasteiger partial charge in [-0.2, -0.15) is 5.10 Å². The Labute approximate surface area is 183 Å². The maximum atomic E-state index is 4.31. The predicted molar refractivity (Wildman–Crippen MR) is 125 cm³/mol. The van der Waals surface area contributed by atoms with Crippen molar-refractivity contribution in [2.24, 2.45) is 4.99 Å². The molecule has 1 aromatic heterocycles. The molecule has 1 unspecified atom stereocenters. The number of aromatic nitrogens is 3. The molecule has 7 heteroatoms. The number of nitrogens with zero attached hydrogens (tertiary/aromatic N) is 4. The third-order valence-corrected chi connectivity index (χ3v) is 4.53. The average Bonchev–Trinajstić information content (AvgIpc) is 3.24. The maximum absolute atomic E-state index is 4.31. The van der Waals surface area contributed by atoms with Gasteiger partial charge in [0.15, 0.2) is 5.96 Å². The Bertz CT molecular complexity index is 857. The summed E-state index contributed by atoms with van der Waals surface area (Å²) < 4.78 is 1.74. The number of benzene rings is 2. The van der Waals surface area contributed by atoms with Crippen molar-refractivity contribution in [1.82, 2.24) is 25.4 Å². The van der Waals surface area contributed by atoms with Crippen molar-refractivity contribution in [3.05, 3.63) is 77.9 Å². The lowest BCUT2D eigenvalue weighted by Crippen LogP contribution is -2.38. The lowest BCUT2D eigenvalue weighted by molar-refractivity contribution is 0.698. The van der Waals surface area contributed by atoms with E-state index >= 15 is 0 Å². The number of aryl methyl sites for hydroxylation is 1. The van der Waals surface area contributed by atoms with Gasteiger partial charge in [-0.25, -0.2) is 9.67 Å². The van der Waals surface area contributed by atoms with Crippen molar-refractivity contribution in [2.75, 3.05) is 13.6 Å². The third-order valence-electron chi connectivity index (χ3n) is 4.53. The summed E-state index contributed by atoms with van der Waals surface area (Å²) in [6.07, 6.45) is 3.22. The second-order valence-corrected chi connectivity index (χ2v) is 6.62. The number of halogens is 1. The Morgan fingerprint density at radius 1 is 1.07 bits per heavy atom. The molecule has 0 aliphatic carbocycles. The molecular formula is C21H27IN6. The van der Waals surface area contributed by atoms with Crippen molar-refractivity contribution in [2.45, 2.75) is 26.3 Å². The highest BCUT2D eigenvalue weighted by atomic mass is 127. The van der Waals surface area contributed by atoms with Gasteiger partial charge in [-0.1, -0.05) is 48.9 Å². The van der Waals surface area contributed by atoms with Crippen LogP contribution >= 0.6 is 24.0 Å². The Kier molecular flexibility index (Phi) is 8.43. The highest BCUT2D eigenvalue weighted by molar-refractivity contribution is 14.0. The molecule has 1 atom stereocenters. The minimum Gasteiger partial charge on any atom is -0.356 e. The maximum Gasteiger partial charge on any atom is 0.191 e. The molecule has 0 aliphatic heterocycles. The molecule has 148 valence electrons. The molecule has 1 heterocycles. The largest absolute Gasteiger partial charge is 0.356 e. The van der Waals surface area contributed by atoms with Crippen LogP contribution in [0, 0.1) is 6.92 Å². The summed E-state index contributed by atoms with van der Waals surface area (Å²) in [6.45, 7) is 5.86. The smallest absolute Gasteiger partial charge is 0.191 e. The lowest BCUT2D eigenvalue weighted by atomic mass is 10.0. The van der Waals surface area contributed by atoms with Crippen LogP contribution in [0.3, 0.4) is 0 Å². The molecule has 0 bridgehead atoms. The minimum atomic E-state index is 0. The fraction of sp³-hybridized carbons (Fsp3) is 0.286. The van der Waals surface area contributed by atoms with E-state index in [-0.39, 0.29) is 24.0 Å². The summed E-state index contributed by atoms with van der Waals surface area (Å²) in [6, 6.07) is 16.9. The Morgan fingerprint density at radius 3 is 2.39 bits per heavy atom. The molecule has 6 nitrogen and oxygen atoms in total.